The Morgan fingerprint density at radius 3 is 2.28 bits per heavy atom. The molecule has 0 amide bonds. The fraction of sp³-hybridized carbons (Fsp3) is 0.278. The molecule has 0 aliphatic heterocycles. The number of imidazole rings is 1. The molecule has 2 aromatic heterocycles. The number of aryl methyl sites for hydroxylation is 2. The van der Waals surface area contributed by atoms with E-state index in [0.29, 0.717) is 30.1 Å². The molecule has 0 unspecified atom stereocenters. The van der Waals surface area contributed by atoms with Crippen LogP contribution in [-0.2, 0) is 20.1 Å². The summed E-state index contributed by atoms with van der Waals surface area (Å²) in [6.07, 6.45) is 3.53. The Morgan fingerprint density at radius 1 is 1.04 bits per heavy atom. The van der Waals surface area contributed by atoms with E-state index in [2.05, 4.69) is 4.98 Å². The van der Waals surface area contributed by atoms with Gasteiger partial charge in [-0.1, -0.05) is 18.2 Å². The number of aromatic nitrogens is 4. The molecule has 0 aliphatic rings. The van der Waals surface area contributed by atoms with Gasteiger partial charge < -0.3 is 4.57 Å². The first kappa shape index (κ1) is 16.9. The molecule has 3 aromatic rings. The first-order valence-electron chi connectivity index (χ1n) is 8.11. The summed E-state index contributed by atoms with van der Waals surface area (Å²) in [5, 5.41) is 0. The average molecular weight is 342 g/mol. The number of nitrogens with zero attached hydrogens (tertiary/aromatic N) is 4. The summed E-state index contributed by atoms with van der Waals surface area (Å²) >= 11 is 0. The van der Waals surface area contributed by atoms with Crippen LogP contribution in [0.4, 0.5) is 4.39 Å². The number of hydrogen-bond acceptors (Lipinski definition) is 3. The van der Waals surface area contributed by atoms with Crippen LogP contribution in [0.3, 0.4) is 0 Å². The molecule has 0 fully saturated rings. The third kappa shape index (κ3) is 2.82. The third-order valence-corrected chi connectivity index (χ3v) is 4.20. The number of rotatable bonds is 4. The number of fused-ring (bicyclic) bond motifs is 1. The normalized spacial score (nSPS) is 11.7. The molecule has 0 aliphatic carbocycles. The second kappa shape index (κ2) is 6.51. The molecule has 0 atom stereocenters. The van der Waals surface area contributed by atoms with E-state index in [1.807, 2.05) is 6.92 Å². The molecule has 0 N–H and O–H groups in total. The van der Waals surface area contributed by atoms with Crippen molar-refractivity contribution in [2.45, 2.75) is 26.9 Å². The highest BCUT2D eigenvalue weighted by molar-refractivity contribution is 5.76. The van der Waals surface area contributed by atoms with Crippen LogP contribution in [0, 0.1) is 5.82 Å². The van der Waals surface area contributed by atoms with Gasteiger partial charge in [0.25, 0.3) is 5.56 Å². The minimum atomic E-state index is -0.352. The minimum Gasteiger partial charge on any atom is -0.322 e. The average Bonchev–Trinajstić information content (AvgIpc) is 2.92. The first-order chi connectivity index (χ1) is 12.0. The maximum atomic E-state index is 13.0. The molecule has 7 heteroatoms. The molecule has 25 heavy (non-hydrogen) atoms. The molecule has 3 rings (SSSR count). The molecule has 1 aromatic carbocycles. The smallest absolute Gasteiger partial charge is 0.322 e. The van der Waals surface area contributed by atoms with Crippen LogP contribution < -0.4 is 11.2 Å². The first-order valence-corrected chi connectivity index (χ1v) is 8.11. The van der Waals surface area contributed by atoms with Crippen LogP contribution in [0.15, 0.2) is 33.9 Å². The number of halogens is 1. The Bertz CT molecular complexity index is 1070. The predicted molar refractivity (Wildman–Crippen MR) is 95.9 cm³/mol. The van der Waals surface area contributed by atoms with Crippen molar-refractivity contribution in [1.29, 1.82) is 0 Å². The lowest BCUT2D eigenvalue weighted by Gasteiger charge is -2.08. The zero-order chi connectivity index (χ0) is 18.1. The topological polar surface area (TPSA) is 61.8 Å². The van der Waals surface area contributed by atoms with Gasteiger partial charge in [0.15, 0.2) is 11.2 Å². The lowest BCUT2D eigenvalue weighted by atomic mass is 10.2. The summed E-state index contributed by atoms with van der Waals surface area (Å²) in [6.45, 7) is 4.33. The Morgan fingerprint density at radius 2 is 1.68 bits per heavy atom. The van der Waals surface area contributed by atoms with Crippen molar-refractivity contribution in [3.05, 3.63) is 62.3 Å². The summed E-state index contributed by atoms with van der Waals surface area (Å²) in [4.78, 5) is 29.5. The Hall–Kier alpha value is -2.96. The highest BCUT2D eigenvalue weighted by Crippen LogP contribution is 2.13. The highest BCUT2D eigenvalue weighted by atomic mass is 19.1. The highest BCUT2D eigenvalue weighted by Gasteiger charge is 2.17. The van der Waals surface area contributed by atoms with E-state index < -0.39 is 0 Å². The van der Waals surface area contributed by atoms with Gasteiger partial charge in [0, 0.05) is 20.1 Å². The molecule has 0 bridgehead atoms. The standard InChI is InChI=1S/C18H19FN4O2/c1-4-22-16-15(17(24)23(5-2)18(22)25)21(3)14(20-16)11-8-12-6-9-13(19)10-7-12/h6-11H,4-5H2,1-3H3/b11-8+. The molecule has 0 radical (unpaired) electrons. The van der Waals surface area contributed by atoms with Crippen molar-refractivity contribution in [3.63, 3.8) is 0 Å². The molecule has 130 valence electrons. The maximum Gasteiger partial charge on any atom is 0.332 e. The fourth-order valence-electron chi connectivity index (χ4n) is 2.84. The van der Waals surface area contributed by atoms with E-state index in [0.717, 1.165) is 5.56 Å². The van der Waals surface area contributed by atoms with Crippen molar-refractivity contribution in [2.75, 3.05) is 0 Å². The maximum absolute atomic E-state index is 13.0. The van der Waals surface area contributed by atoms with Crippen LogP contribution in [0.1, 0.15) is 25.2 Å². The van der Waals surface area contributed by atoms with E-state index in [-0.39, 0.29) is 17.1 Å². The molecule has 0 saturated heterocycles. The van der Waals surface area contributed by atoms with Gasteiger partial charge in [0.1, 0.15) is 11.6 Å². The molecule has 2 heterocycles. The predicted octanol–water partition coefficient (Wildman–Crippen LogP) is 2.25. The summed E-state index contributed by atoms with van der Waals surface area (Å²) in [5.74, 6) is 0.249. The second-order valence-electron chi connectivity index (χ2n) is 5.66. The van der Waals surface area contributed by atoms with Crippen molar-refractivity contribution < 1.29 is 4.39 Å². The van der Waals surface area contributed by atoms with Crippen molar-refractivity contribution >= 4 is 23.3 Å². The number of benzene rings is 1. The fourth-order valence-corrected chi connectivity index (χ4v) is 2.84. The Labute approximate surface area is 143 Å². The lowest BCUT2D eigenvalue weighted by molar-refractivity contribution is 0.604. The van der Waals surface area contributed by atoms with E-state index in [9.17, 15) is 14.0 Å². The molecule has 0 spiro atoms. The van der Waals surface area contributed by atoms with Crippen LogP contribution in [0.5, 0.6) is 0 Å². The van der Waals surface area contributed by atoms with Crippen LogP contribution in [0.2, 0.25) is 0 Å². The number of hydrogen-bond donors (Lipinski definition) is 0. The van der Waals surface area contributed by atoms with Gasteiger partial charge in [-0.3, -0.25) is 13.9 Å². The van der Waals surface area contributed by atoms with Gasteiger partial charge in [0.05, 0.1) is 0 Å². The second-order valence-corrected chi connectivity index (χ2v) is 5.66. The summed E-state index contributed by atoms with van der Waals surface area (Å²) in [5.41, 5.74) is 0.885. The lowest BCUT2D eigenvalue weighted by Crippen LogP contribution is -2.39. The van der Waals surface area contributed by atoms with Crippen LogP contribution in [-0.4, -0.2) is 18.7 Å². The third-order valence-electron chi connectivity index (χ3n) is 4.20. The molecule has 6 nitrogen and oxygen atoms in total. The zero-order valence-corrected chi connectivity index (χ0v) is 14.4. The minimum absolute atomic E-state index is 0.299. The van der Waals surface area contributed by atoms with Gasteiger partial charge in [-0.2, -0.15) is 0 Å². The van der Waals surface area contributed by atoms with Gasteiger partial charge in [0.2, 0.25) is 0 Å². The largest absolute Gasteiger partial charge is 0.332 e. The molecular formula is C18H19FN4O2. The van der Waals surface area contributed by atoms with E-state index in [1.165, 1.54) is 21.3 Å². The Balaban J connectivity index is 2.20. The van der Waals surface area contributed by atoms with Crippen molar-refractivity contribution in [1.82, 2.24) is 18.7 Å². The summed E-state index contributed by atoms with van der Waals surface area (Å²) in [6, 6.07) is 6.06. The van der Waals surface area contributed by atoms with Crippen molar-refractivity contribution in [3.8, 4) is 0 Å². The summed E-state index contributed by atoms with van der Waals surface area (Å²) < 4.78 is 17.4. The van der Waals surface area contributed by atoms with E-state index in [1.54, 1.807) is 42.8 Å². The van der Waals surface area contributed by atoms with Crippen LogP contribution >= 0.6 is 0 Å². The summed E-state index contributed by atoms with van der Waals surface area (Å²) in [7, 11) is 1.74. The van der Waals surface area contributed by atoms with Gasteiger partial charge in [-0.05, 0) is 37.6 Å². The van der Waals surface area contributed by atoms with Crippen LogP contribution in [0.25, 0.3) is 23.3 Å². The van der Waals surface area contributed by atoms with E-state index >= 15 is 0 Å². The van der Waals surface area contributed by atoms with Crippen molar-refractivity contribution in [2.24, 2.45) is 7.05 Å². The Kier molecular flexibility index (Phi) is 4.39. The SMILES string of the molecule is CCn1c(=O)c2c(nc(/C=C/c3ccc(F)cc3)n2C)n(CC)c1=O. The van der Waals surface area contributed by atoms with Gasteiger partial charge >= 0.3 is 5.69 Å². The quantitative estimate of drug-likeness (QED) is 0.730. The van der Waals surface area contributed by atoms with Gasteiger partial charge in [-0.25, -0.2) is 14.2 Å². The van der Waals surface area contributed by atoms with E-state index in [4.69, 9.17) is 0 Å². The molecule has 0 saturated carbocycles. The van der Waals surface area contributed by atoms with Gasteiger partial charge in [-0.15, -0.1) is 0 Å². The molecular weight excluding hydrogens is 323 g/mol. The zero-order valence-electron chi connectivity index (χ0n) is 14.4. The monoisotopic (exact) mass is 342 g/mol.